The van der Waals surface area contributed by atoms with Crippen LogP contribution in [0, 0.1) is 0 Å². The van der Waals surface area contributed by atoms with Gasteiger partial charge in [-0.2, -0.15) is 11.8 Å². The molecule has 0 saturated carbocycles. The second-order valence-electron chi connectivity index (χ2n) is 9.18. The van der Waals surface area contributed by atoms with Crippen molar-refractivity contribution in [2.24, 2.45) is 0 Å². The van der Waals surface area contributed by atoms with Crippen LogP contribution in [-0.4, -0.2) is 31.0 Å². The molecule has 34 heavy (non-hydrogen) atoms. The first-order chi connectivity index (χ1) is 16.7. The summed E-state index contributed by atoms with van der Waals surface area (Å²) in [7, 11) is -2.58. The Kier molecular flexibility index (Phi) is 21.4. The van der Waals surface area contributed by atoms with E-state index in [1.807, 2.05) is 42.1 Å². The maximum absolute atomic E-state index is 6.08. The molecule has 0 N–H and O–H groups in total. The van der Waals surface area contributed by atoms with Crippen LogP contribution in [0.4, 0.5) is 0 Å². The zero-order valence-electron chi connectivity index (χ0n) is 22.3. The topological polar surface area (TPSA) is 27.7 Å². The molecular weight excluding hydrogens is 459 g/mol. The van der Waals surface area contributed by atoms with Crippen molar-refractivity contribution < 1.29 is 13.6 Å². The monoisotopic (exact) mass is 512 g/mol. The molecule has 5 heteroatoms. The van der Waals surface area contributed by atoms with Gasteiger partial charge in [0.05, 0.1) is 13.2 Å². The molecular formula is C29H53O3PS. The number of unbranched alkanes of at least 4 members (excludes halogenated alkanes) is 15. The summed E-state index contributed by atoms with van der Waals surface area (Å²) in [6.45, 7) is 5.72. The number of benzene rings is 1. The molecule has 0 aromatic heterocycles. The molecule has 0 saturated heterocycles. The van der Waals surface area contributed by atoms with Gasteiger partial charge in [0.25, 0.3) is 0 Å². The lowest BCUT2D eigenvalue weighted by Gasteiger charge is -2.24. The Morgan fingerprint density at radius 3 is 1.62 bits per heavy atom. The Balaban J connectivity index is 2.02. The lowest BCUT2D eigenvalue weighted by atomic mass is 10.0. The molecule has 1 unspecified atom stereocenters. The summed E-state index contributed by atoms with van der Waals surface area (Å²) >= 11 is 1.86. The molecule has 0 amide bonds. The molecule has 0 aliphatic rings. The Bertz CT molecular complexity index is 596. The predicted molar refractivity (Wildman–Crippen MR) is 156 cm³/mol. The Labute approximate surface area is 216 Å². The van der Waals surface area contributed by atoms with Crippen LogP contribution in [0.5, 0.6) is 5.75 Å². The maximum Gasteiger partial charge on any atom is 0.302 e. The van der Waals surface area contributed by atoms with Gasteiger partial charge in [0.15, 0.2) is 0 Å². The molecule has 0 aliphatic heterocycles. The van der Waals surface area contributed by atoms with Gasteiger partial charge in [0.1, 0.15) is 5.75 Å². The lowest BCUT2D eigenvalue weighted by Crippen LogP contribution is -2.06. The first kappa shape index (κ1) is 31.6. The van der Waals surface area contributed by atoms with E-state index < -0.39 is 7.57 Å². The van der Waals surface area contributed by atoms with Crippen LogP contribution in [0.2, 0.25) is 0 Å². The summed E-state index contributed by atoms with van der Waals surface area (Å²) in [6.07, 6.45) is 26.1. The van der Waals surface area contributed by atoms with Crippen molar-refractivity contribution in [3.63, 3.8) is 0 Å². The highest BCUT2D eigenvalue weighted by molar-refractivity contribution is 7.99. The Hall–Kier alpha value is -0.410. The van der Waals surface area contributed by atoms with Gasteiger partial charge < -0.3 is 13.6 Å². The molecule has 1 rings (SSSR count). The van der Waals surface area contributed by atoms with Crippen molar-refractivity contribution in [3.8, 4) is 5.75 Å². The lowest BCUT2D eigenvalue weighted by molar-refractivity contribution is 0.205. The largest absolute Gasteiger partial charge is 0.432 e. The number of thioether (sulfide) groups is 1. The molecule has 0 heterocycles. The Morgan fingerprint density at radius 2 is 1.12 bits per heavy atom. The molecule has 0 fully saturated rings. The number of hydrogen-bond acceptors (Lipinski definition) is 4. The zero-order valence-corrected chi connectivity index (χ0v) is 24.0. The average Bonchev–Trinajstić information content (AvgIpc) is 2.84. The summed E-state index contributed by atoms with van der Waals surface area (Å²) in [6, 6.07) is 9.76. The van der Waals surface area contributed by atoms with E-state index in [0.717, 1.165) is 23.7 Å². The standard InChI is InChI=1S/C29H53O3PS/c1-4-6-7-8-9-10-11-12-13-14-15-16-17-18-19-23-26-30-33(3,31-27-28-34-5-2)32-29-24-21-20-22-25-29/h20-22,24-25H,3-19,23,26-28H2,1-2H3. The third-order valence-electron chi connectivity index (χ3n) is 5.99. The number of rotatable bonds is 25. The van der Waals surface area contributed by atoms with Crippen LogP contribution in [-0.2, 0) is 9.05 Å². The van der Waals surface area contributed by atoms with Crippen LogP contribution in [0.1, 0.15) is 117 Å². The fourth-order valence-electron chi connectivity index (χ4n) is 3.97. The highest BCUT2D eigenvalue weighted by Gasteiger charge is 2.19. The van der Waals surface area contributed by atoms with Crippen LogP contribution in [0.3, 0.4) is 0 Å². The van der Waals surface area contributed by atoms with E-state index in [-0.39, 0.29) is 0 Å². The smallest absolute Gasteiger partial charge is 0.302 e. The van der Waals surface area contributed by atoms with Crippen molar-refractivity contribution >= 4 is 25.6 Å². The zero-order chi connectivity index (χ0) is 24.6. The van der Waals surface area contributed by atoms with Gasteiger partial charge in [0.2, 0.25) is 0 Å². The number of para-hydroxylation sites is 1. The van der Waals surface area contributed by atoms with E-state index in [9.17, 15) is 0 Å². The summed E-state index contributed by atoms with van der Waals surface area (Å²) in [5.74, 6) is 2.79. The molecule has 0 aliphatic carbocycles. The fraction of sp³-hybridized carbons (Fsp3) is 0.759. The van der Waals surface area contributed by atoms with Crippen LogP contribution in [0.25, 0.3) is 0 Å². The van der Waals surface area contributed by atoms with Gasteiger partial charge in [-0.1, -0.05) is 128 Å². The normalized spacial score (nSPS) is 13.1. The van der Waals surface area contributed by atoms with Gasteiger partial charge in [0, 0.05) is 5.75 Å². The van der Waals surface area contributed by atoms with Crippen molar-refractivity contribution in [2.45, 2.75) is 117 Å². The van der Waals surface area contributed by atoms with E-state index in [2.05, 4.69) is 20.1 Å². The summed E-state index contributed by atoms with van der Waals surface area (Å²) in [4.78, 5) is 0. The quantitative estimate of drug-likeness (QED) is 0.0962. The average molecular weight is 513 g/mol. The highest BCUT2D eigenvalue weighted by Crippen LogP contribution is 2.49. The summed E-state index contributed by atoms with van der Waals surface area (Å²) in [5, 5.41) is 0. The van der Waals surface area contributed by atoms with Gasteiger partial charge >= 0.3 is 7.57 Å². The van der Waals surface area contributed by atoms with Crippen LogP contribution >= 0.6 is 19.3 Å². The van der Waals surface area contributed by atoms with Gasteiger partial charge in [-0.25, -0.2) is 0 Å². The second-order valence-corrected chi connectivity index (χ2v) is 12.5. The number of hydrogen-bond donors (Lipinski definition) is 0. The van der Waals surface area contributed by atoms with Crippen molar-refractivity contribution in [1.82, 2.24) is 0 Å². The fourth-order valence-corrected chi connectivity index (χ4v) is 5.98. The molecule has 0 spiro atoms. The second kappa shape index (κ2) is 23.0. The first-order valence-corrected chi connectivity index (χ1v) is 16.9. The third kappa shape index (κ3) is 18.9. The Morgan fingerprint density at radius 1 is 0.647 bits per heavy atom. The minimum Gasteiger partial charge on any atom is -0.432 e. The molecule has 1 atom stereocenters. The summed E-state index contributed by atoms with van der Waals surface area (Å²) < 4.78 is 18.1. The van der Waals surface area contributed by atoms with E-state index in [0.29, 0.717) is 13.2 Å². The molecule has 0 bridgehead atoms. The molecule has 0 radical (unpaired) electrons. The molecule has 198 valence electrons. The van der Waals surface area contributed by atoms with Crippen molar-refractivity contribution in [2.75, 3.05) is 24.7 Å². The molecule has 1 aromatic rings. The molecule has 3 nitrogen and oxygen atoms in total. The van der Waals surface area contributed by atoms with E-state index in [1.165, 1.54) is 96.3 Å². The highest BCUT2D eigenvalue weighted by atomic mass is 32.2. The minimum absolute atomic E-state index is 0.613. The van der Waals surface area contributed by atoms with E-state index in [4.69, 9.17) is 13.6 Å². The SMILES string of the molecule is C=P(OCCCCCCCCCCCCCCCCCC)(OCCSCC)Oc1ccccc1. The van der Waals surface area contributed by atoms with Crippen molar-refractivity contribution in [3.05, 3.63) is 30.3 Å². The van der Waals surface area contributed by atoms with Crippen LogP contribution < -0.4 is 4.52 Å². The van der Waals surface area contributed by atoms with E-state index in [1.54, 1.807) is 0 Å². The third-order valence-corrected chi connectivity index (χ3v) is 8.50. The van der Waals surface area contributed by atoms with Crippen LogP contribution in [0.15, 0.2) is 30.3 Å². The minimum atomic E-state index is -2.58. The first-order valence-electron chi connectivity index (χ1n) is 14.0. The maximum atomic E-state index is 6.08. The van der Waals surface area contributed by atoms with Gasteiger partial charge in [-0.15, -0.1) is 0 Å². The van der Waals surface area contributed by atoms with E-state index >= 15 is 0 Å². The summed E-state index contributed by atoms with van der Waals surface area (Å²) in [5.41, 5.74) is 0. The van der Waals surface area contributed by atoms with Gasteiger partial charge in [-0.3, -0.25) is 0 Å². The predicted octanol–water partition coefficient (Wildman–Crippen LogP) is 10.3. The van der Waals surface area contributed by atoms with Gasteiger partial charge in [-0.05, 0) is 30.6 Å². The van der Waals surface area contributed by atoms with Crippen molar-refractivity contribution in [1.29, 1.82) is 0 Å². The molecule has 1 aromatic carbocycles.